The summed E-state index contributed by atoms with van der Waals surface area (Å²) in [6, 6.07) is 19.7. The predicted molar refractivity (Wildman–Crippen MR) is 140 cm³/mol. The largest absolute Gasteiger partial charge is 0.394 e. The number of benzene rings is 3. The third-order valence-corrected chi connectivity index (χ3v) is 7.51. The van der Waals surface area contributed by atoms with Gasteiger partial charge in [-0.2, -0.15) is 0 Å². The van der Waals surface area contributed by atoms with Gasteiger partial charge in [-0.1, -0.05) is 52.3 Å². The van der Waals surface area contributed by atoms with Crippen LogP contribution in [-0.2, 0) is 11.3 Å². The highest BCUT2D eigenvalue weighted by atomic mass is 79.9. The molecule has 1 unspecified atom stereocenters. The molecule has 3 aromatic carbocycles. The van der Waals surface area contributed by atoms with Gasteiger partial charge in [0.05, 0.1) is 18.8 Å². The molecule has 37 heavy (non-hydrogen) atoms. The van der Waals surface area contributed by atoms with Crippen molar-refractivity contribution in [1.82, 2.24) is 9.88 Å². The van der Waals surface area contributed by atoms with Crippen LogP contribution >= 0.6 is 15.9 Å². The summed E-state index contributed by atoms with van der Waals surface area (Å²) in [5, 5.41) is 56.4. The molecule has 194 valence electrons. The Labute approximate surface area is 220 Å². The van der Waals surface area contributed by atoms with Gasteiger partial charge in [-0.05, 0) is 40.6 Å². The highest BCUT2D eigenvalue weighted by Crippen LogP contribution is 2.31. The van der Waals surface area contributed by atoms with Gasteiger partial charge in [0.2, 0.25) is 0 Å². The lowest BCUT2D eigenvalue weighted by Gasteiger charge is -2.48. The van der Waals surface area contributed by atoms with Crippen LogP contribution in [0.1, 0.15) is 15.9 Å². The van der Waals surface area contributed by atoms with Crippen LogP contribution in [0.5, 0.6) is 0 Å². The summed E-state index contributed by atoms with van der Waals surface area (Å²) in [4.78, 5) is 13.5. The van der Waals surface area contributed by atoms with E-state index in [0.29, 0.717) is 11.9 Å². The molecule has 4 aromatic rings. The second kappa shape index (κ2) is 10.1. The van der Waals surface area contributed by atoms with Crippen LogP contribution in [0.4, 0.5) is 0 Å². The highest BCUT2D eigenvalue weighted by molar-refractivity contribution is 9.10. The number of ether oxygens (including phenoxy) is 1. The summed E-state index contributed by atoms with van der Waals surface area (Å²) >= 11 is 3.45. The maximum atomic E-state index is 13.5. The molecule has 6 N–H and O–H groups in total. The van der Waals surface area contributed by atoms with Crippen molar-refractivity contribution in [2.24, 2.45) is 0 Å². The number of rotatable bonds is 6. The number of carbonyl (C=O) groups excluding carboxylic acids is 1. The molecule has 10 heteroatoms. The molecular formula is C27H27BrN2O7. The Morgan fingerprint density at radius 2 is 1.78 bits per heavy atom. The molecule has 0 saturated carbocycles. The number of nitrogens with zero attached hydrogens (tertiary/aromatic N) is 1. The summed E-state index contributed by atoms with van der Waals surface area (Å²) in [6.45, 7) is -1.11. The third-order valence-electron chi connectivity index (χ3n) is 7.02. The van der Waals surface area contributed by atoms with Gasteiger partial charge in [0.25, 0.3) is 5.91 Å². The van der Waals surface area contributed by atoms with Gasteiger partial charge in [0, 0.05) is 28.1 Å². The number of aliphatic hydroxyl groups excluding tert-OH is 5. The number of hydrogen-bond acceptors (Lipinski definition) is 7. The topological polar surface area (TPSA) is 144 Å². The van der Waals surface area contributed by atoms with Gasteiger partial charge in [-0.15, -0.1) is 0 Å². The first-order valence-corrected chi connectivity index (χ1v) is 12.6. The summed E-state index contributed by atoms with van der Waals surface area (Å²) in [6.07, 6.45) is -4.94. The maximum absolute atomic E-state index is 13.5. The van der Waals surface area contributed by atoms with Crippen molar-refractivity contribution < 1.29 is 35.1 Å². The first-order valence-electron chi connectivity index (χ1n) is 11.8. The average Bonchev–Trinajstić information content (AvgIpc) is 3.25. The van der Waals surface area contributed by atoms with Gasteiger partial charge >= 0.3 is 0 Å². The minimum absolute atomic E-state index is 0.239. The molecule has 0 aliphatic carbocycles. The van der Waals surface area contributed by atoms with Crippen molar-refractivity contribution in [3.8, 4) is 0 Å². The van der Waals surface area contributed by atoms with Gasteiger partial charge in [-0.25, -0.2) is 0 Å². The van der Waals surface area contributed by atoms with Crippen LogP contribution in [0.3, 0.4) is 0 Å². The van der Waals surface area contributed by atoms with Gasteiger partial charge in [0.1, 0.15) is 23.9 Å². The van der Waals surface area contributed by atoms with E-state index in [1.54, 1.807) is 12.3 Å². The SMILES string of the molecule is O=C(N[C@@]1(CO)C(O)O[C@H](CO)[C@@H](O)[C@@H]1O)c1cn(Cc2ccc3ccccc3c2)c2ccc(Br)cc12. The van der Waals surface area contributed by atoms with E-state index in [1.165, 1.54) is 0 Å². The Balaban J connectivity index is 1.51. The summed E-state index contributed by atoms with van der Waals surface area (Å²) in [7, 11) is 0. The number of fused-ring (bicyclic) bond motifs is 2. The van der Waals surface area contributed by atoms with Crippen LogP contribution < -0.4 is 5.32 Å². The molecule has 5 rings (SSSR count). The minimum atomic E-state index is -2.11. The molecule has 0 radical (unpaired) electrons. The second-order valence-electron chi connectivity index (χ2n) is 9.31. The standard InChI is InChI=1S/C27H27BrN2O7/c28-18-7-8-21-19(10-18)20(12-30(21)11-15-5-6-16-3-1-2-4-17(16)9-15)25(35)29-27(14-32)24(34)23(33)22(13-31)37-26(27)36/h1-10,12,22-24,26,31-34,36H,11,13-14H2,(H,29,35)/t22-,23-,24+,26?,27-/m1/s1. The number of halogens is 1. The minimum Gasteiger partial charge on any atom is -0.394 e. The first-order chi connectivity index (χ1) is 17.8. The zero-order valence-electron chi connectivity index (χ0n) is 19.7. The fraction of sp³-hybridized carbons (Fsp3) is 0.296. The molecule has 9 nitrogen and oxygen atoms in total. The van der Waals surface area contributed by atoms with Crippen molar-refractivity contribution in [2.75, 3.05) is 13.2 Å². The van der Waals surface area contributed by atoms with E-state index in [9.17, 15) is 30.3 Å². The number of aliphatic hydroxyl groups is 5. The molecule has 0 bridgehead atoms. The molecule has 1 fully saturated rings. The van der Waals surface area contributed by atoms with E-state index in [2.05, 4.69) is 27.3 Å². The second-order valence-corrected chi connectivity index (χ2v) is 10.2. The molecule has 1 saturated heterocycles. The Kier molecular flexibility index (Phi) is 7.08. The first kappa shape index (κ1) is 25.8. The summed E-state index contributed by atoms with van der Waals surface area (Å²) < 4.78 is 7.87. The molecule has 1 aromatic heterocycles. The Hall–Kier alpha value is -2.83. The van der Waals surface area contributed by atoms with Crippen molar-refractivity contribution in [3.05, 3.63) is 82.5 Å². The fourth-order valence-corrected chi connectivity index (χ4v) is 5.27. The molecular weight excluding hydrogens is 544 g/mol. The van der Waals surface area contributed by atoms with Crippen molar-refractivity contribution in [3.63, 3.8) is 0 Å². The Morgan fingerprint density at radius 1 is 1.03 bits per heavy atom. The highest BCUT2D eigenvalue weighted by Gasteiger charge is 2.56. The van der Waals surface area contributed by atoms with Gasteiger partial charge in [-0.3, -0.25) is 4.79 Å². The molecule has 2 heterocycles. The van der Waals surface area contributed by atoms with Crippen LogP contribution in [0.2, 0.25) is 0 Å². The molecule has 0 spiro atoms. The van der Waals surface area contributed by atoms with Crippen LogP contribution in [0.15, 0.2) is 71.3 Å². The number of aromatic nitrogens is 1. The van der Waals surface area contributed by atoms with E-state index >= 15 is 0 Å². The Morgan fingerprint density at radius 3 is 2.51 bits per heavy atom. The van der Waals surface area contributed by atoms with Crippen LogP contribution in [-0.4, -0.2) is 79.4 Å². The molecule has 5 atom stereocenters. The van der Waals surface area contributed by atoms with E-state index in [1.807, 2.05) is 53.1 Å². The monoisotopic (exact) mass is 570 g/mol. The number of carbonyl (C=O) groups is 1. The normalized spacial score (nSPS) is 26.0. The smallest absolute Gasteiger partial charge is 0.254 e. The van der Waals surface area contributed by atoms with Gasteiger partial charge < -0.3 is 40.2 Å². The van der Waals surface area contributed by atoms with Crippen molar-refractivity contribution in [1.29, 1.82) is 0 Å². The van der Waals surface area contributed by atoms with Gasteiger partial charge in [0.15, 0.2) is 6.29 Å². The number of hydrogen-bond donors (Lipinski definition) is 6. The van der Waals surface area contributed by atoms with Crippen LogP contribution in [0.25, 0.3) is 21.7 Å². The van der Waals surface area contributed by atoms with Crippen molar-refractivity contribution in [2.45, 2.75) is 36.7 Å². The average molecular weight is 571 g/mol. The zero-order valence-corrected chi connectivity index (χ0v) is 21.2. The van der Waals surface area contributed by atoms with Crippen molar-refractivity contribution >= 4 is 43.5 Å². The lowest BCUT2D eigenvalue weighted by atomic mass is 9.83. The maximum Gasteiger partial charge on any atom is 0.254 e. The molecule has 1 aliphatic heterocycles. The van der Waals surface area contributed by atoms with E-state index in [4.69, 9.17) is 4.74 Å². The van der Waals surface area contributed by atoms with Crippen LogP contribution in [0, 0.1) is 0 Å². The quantitative estimate of drug-likeness (QED) is 0.206. The third kappa shape index (κ3) is 4.55. The predicted octanol–water partition coefficient (Wildman–Crippen LogP) is 1.50. The number of nitrogens with one attached hydrogen (secondary N) is 1. The molecule has 1 aliphatic rings. The fourth-order valence-electron chi connectivity index (χ4n) is 4.91. The molecule has 1 amide bonds. The van der Waals surface area contributed by atoms with E-state index in [0.717, 1.165) is 26.3 Å². The van der Waals surface area contributed by atoms with E-state index < -0.39 is 49.3 Å². The lowest BCUT2D eigenvalue weighted by molar-refractivity contribution is -0.288. The lowest BCUT2D eigenvalue weighted by Crippen LogP contribution is -2.74. The summed E-state index contributed by atoms with van der Waals surface area (Å²) in [5.74, 6) is -0.689. The number of amides is 1. The summed E-state index contributed by atoms with van der Waals surface area (Å²) in [5.41, 5.74) is -0.0629. The zero-order chi connectivity index (χ0) is 26.3. The van der Waals surface area contributed by atoms with E-state index in [-0.39, 0.29) is 5.56 Å². The Bertz CT molecular complexity index is 1460.